The van der Waals surface area contributed by atoms with E-state index in [0.717, 1.165) is 0 Å². The predicted octanol–water partition coefficient (Wildman–Crippen LogP) is 1.96. The highest BCUT2D eigenvalue weighted by Crippen LogP contribution is 2.12. The molecule has 8 heteroatoms. The minimum Gasteiger partial charge on any atom is -0.460 e. The average molecular weight is 354 g/mol. The second-order valence-electron chi connectivity index (χ2n) is 6.61. The molecular formula is C17H26N2O6. The van der Waals surface area contributed by atoms with E-state index in [-0.39, 0.29) is 18.4 Å². The van der Waals surface area contributed by atoms with Gasteiger partial charge in [0.25, 0.3) is 0 Å². The number of carbonyl (C=O) groups is 2. The molecule has 0 amide bonds. The summed E-state index contributed by atoms with van der Waals surface area (Å²) in [6.45, 7) is 8.89. The number of hydrogen-bond donors (Lipinski definition) is 0. The summed E-state index contributed by atoms with van der Waals surface area (Å²) in [5.74, 6) is -1.07. The van der Waals surface area contributed by atoms with Crippen molar-refractivity contribution >= 4 is 24.1 Å². The Labute approximate surface area is 147 Å². The number of aliphatic imine (C=N–C) groups is 2. The standard InChI is InChI=1S/C17H26N2O6/c1-11(2)6-14(18-9-20)16(22)24-8-13(5)25-17(23)15(19-10-21)7-12(3)4/h11-15H,6-8H2,1-5H3. The molecule has 0 aliphatic heterocycles. The van der Waals surface area contributed by atoms with E-state index in [1.165, 1.54) is 12.2 Å². The highest BCUT2D eigenvalue weighted by Gasteiger charge is 2.25. The highest BCUT2D eigenvalue weighted by atomic mass is 16.6. The number of rotatable bonds is 11. The minimum absolute atomic E-state index is 0.140. The Bertz CT molecular complexity index is 533. The van der Waals surface area contributed by atoms with Crippen LogP contribution in [0, 0.1) is 11.8 Å². The Kier molecular flexibility index (Phi) is 11.0. The smallest absolute Gasteiger partial charge is 0.332 e. The van der Waals surface area contributed by atoms with Crippen molar-refractivity contribution in [3.63, 3.8) is 0 Å². The number of carbonyl (C=O) groups excluding carboxylic acids is 4. The maximum Gasteiger partial charge on any atom is 0.332 e. The zero-order valence-corrected chi connectivity index (χ0v) is 15.4. The Hall–Kier alpha value is -2.30. The quantitative estimate of drug-likeness (QED) is 0.318. The van der Waals surface area contributed by atoms with Crippen LogP contribution in [0.3, 0.4) is 0 Å². The molecule has 0 aromatic heterocycles. The molecule has 0 radical (unpaired) electrons. The van der Waals surface area contributed by atoms with Gasteiger partial charge in [-0.05, 0) is 31.6 Å². The monoisotopic (exact) mass is 354 g/mol. The molecule has 25 heavy (non-hydrogen) atoms. The number of isocyanates is 2. The van der Waals surface area contributed by atoms with Gasteiger partial charge in [-0.2, -0.15) is 9.98 Å². The van der Waals surface area contributed by atoms with Gasteiger partial charge in [0.1, 0.15) is 12.7 Å². The summed E-state index contributed by atoms with van der Waals surface area (Å²) >= 11 is 0. The molecule has 0 saturated heterocycles. The lowest BCUT2D eigenvalue weighted by Crippen LogP contribution is -2.31. The molecule has 0 N–H and O–H groups in total. The fourth-order valence-corrected chi connectivity index (χ4v) is 2.03. The lowest BCUT2D eigenvalue weighted by atomic mass is 10.0. The summed E-state index contributed by atoms with van der Waals surface area (Å²) in [4.78, 5) is 51.6. The number of ether oxygens (including phenoxy) is 2. The van der Waals surface area contributed by atoms with Gasteiger partial charge < -0.3 is 9.47 Å². The first kappa shape index (κ1) is 22.7. The van der Waals surface area contributed by atoms with Gasteiger partial charge in [0.05, 0.1) is 0 Å². The Morgan fingerprint density at radius 1 is 0.840 bits per heavy atom. The van der Waals surface area contributed by atoms with E-state index in [2.05, 4.69) is 9.98 Å². The highest BCUT2D eigenvalue weighted by molar-refractivity contribution is 5.78. The van der Waals surface area contributed by atoms with Gasteiger partial charge in [-0.3, -0.25) is 0 Å². The van der Waals surface area contributed by atoms with E-state index in [9.17, 15) is 19.2 Å². The van der Waals surface area contributed by atoms with Crippen LogP contribution in [-0.4, -0.2) is 48.9 Å². The zero-order chi connectivity index (χ0) is 19.4. The SMILES string of the molecule is CC(C)CC(N=C=O)C(=O)OCC(C)OC(=O)C(CC(C)C)N=C=O. The molecule has 0 aromatic carbocycles. The first-order valence-electron chi connectivity index (χ1n) is 8.22. The first-order valence-corrected chi connectivity index (χ1v) is 8.22. The van der Waals surface area contributed by atoms with Crippen molar-refractivity contribution in [1.29, 1.82) is 0 Å². The van der Waals surface area contributed by atoms with Gasteiger partial charge in [0.2, 0.25) is 12.2 Å². The topological polar surface area (TPSA) is 111 Å². The Morgan fingerprint density at radius 2 is 1.28 bits per heavy atom. The fraction of sp³-hybridized carbons (Fsp3) is 0.765. The largest absolute Gasteiger partial charge is 0.460 e. The van der Waals surface area contributed by atoms with Crippen LogP contribution in [0.4, 0.5) is 0 Å². The molecule has 8 nitrogen and oxygen atoms in total. The van der Waals surface area contributed by atoms with Crippen molar-refractivity contribution in [3.8, 4) is 0 Å². The summed E-state index contributed by atoms with van der Waals surface area (Å²) in [6, 6.07) is -1.85. The van der Waals surface area contributed by atoms with Crippen molar-refractivity contribution in [2.45, 2.75) is 65.6 Å². The second-order valence-corrected chi connectivity index (χ2v) is 6.61. The third-order valence-corrected chi connectivity index (χ3v) is 3.13. The van der Waals surface area contributed by atoms with Crippen LogP contribution in [0.25, 0.3) is 0 Å². The minimum atomic E-state index is -0.927. The first-order chi connectivity index (χ1) is 11.7. The molecular weight excluding hydrogens is 328 g/mol. The van der Waals surface area contributed by atoms with Gasteiger partial charge in [0, 0.05) is 0 Å². The normalized spacial score (nSPS) is 14.0. The van der Waals surface area contributed by atoms with Gasteiger partial charge >= 0.3 is 11.9 Å². The summed E-state index contributed by atoms with van der Waals surface area (Å²) in [5.41, 5.74) is 0. The third kappa shape index (κ3) is 10.2. The maximum absolute atomic E-state index is 12.0. The number of hydrogen-bond acceptors (Lipinski definition) is 8. The molecule has 140 valence electrons. The second kappa shape index (κ2) is 12.1. The Balaban J connectivity index is 4.59. The molecule has 0 aromatic rings. The number of nitrogens with zero attached hydrogens (tertiary/aromatic N) is 2. The van der Waals surface area contributed by atoms with Gasteiger partial charge in [-0.1, -0.05) is 27.7 Å². The number of esters is 2. The molecule has 0 aliphatic carbocycles. The van der Waals surface area contributed by atoms with E-state index in [1.807, 2.05) is 27.7 Å². The van der Waals surface area contributed by atoms with Crippen molar-refractivity contribution in [2.75, 3.05) is 6.61 Å². The molecule has 0 rings (SSSR count). The lowest BCUT2D eigenvalue weighted by molar-refractivity contribution is -0.159. The van der Waals surface area contributed by atoms with Crippen molar-refractivity contribution < 1.29 is 28.7 Å². The van der Waals surface area contributed by atoms with E-state index in [4.69, 9.17) is 9.47 Å². The molecule has 0 bridgehead atoms. The molecule has 3 unspecified atom stereocenters. The van der Waals surface area contributed by atoms with Crippen molar-refractivity contribution in [2.24, 2.45) is 21.8 Å². The van der Waals surface area contributed by atoms with Crippen LogP contribution in [0.15, 0.2) is 9.98 Å². The van der Waals surface area contributed by atoms with E-state index in [0.29, 0.717) is 12.8 Å². The molecule has 0 spiro atoms. The van der Waals surface area contributed by atoms with Gasteiger partial charge in [0.15, 0.2) is 12.1 Å². The summed E-state index contributed by atoms with van der Waals surface area (Å²) in [5, 5.41) is 0. The van der Waals surface area contributed by atoms with Crippen LogP contribution in [0.5, 0.6) is 0 Å². The summed E-state index contributed by atoms with van der Waals surface area (Å²) in [7, 11) is 0. The molecule has 0 saturated carbocycles. The fourth-order valence-electron chi connectivity index (χ4n) is 2.03. The lowest BCUT2D eigenvalue weighted by Gasteiger charge is -2.18. The molecule has 0 fully saturated rings. The average Bonchev–Trinajstić information content (AvgIpc) is 2.50. The summed E-state index contributed by atoms with van der Waals surface area (Å²) in [6.07, 6.45) is 2.70. The van der Waals surface area contributed by atoms with Crippen LogP contribution >= 0.6 is 0 Å². The van der Waals surface area contributed by atoms with E-state index >= 15 is 0 Å². The van der Waals surface area contributed by atoms with Crippen LogP contribution in [-0.2, 0) is 28.7 Å². The molecule has 0 heterocycles. The van der Waals surface area contributed by atoms with Crippen LogP contribution in [0.1, 0.15) is 47.5 Å². The van der Waals surface area contributed by atoms with Crippen molar-refractivity contribution in [3.05, 3.63) is 0 Å². The van der Waals surface area contributed by atoms with Gasteiger partial charge in [-0.25, -0.2) is 19.2 Å². The third-order valence-electron chi connectivity index (χ3n) is 3.13. The Morgan fingerprint density at radius 3 is 1.68 bits per heavy atom. The summed E-state index contributed by atoms with van der Waals surface area (Å²) < 4.78 is 10.2. The van der Waals surface area contributed by atoms with Crippen LogP contribution < -0.4 is 0 Å². The van der Waals surface area contributed by atoms with E-state index in [1.54, 1.807) is 6.92 Å². The maximum atomic E-state index is 12.0. The predicted molar refractivity (Wildman–Crippen MR) is 89.2 cm³/mol. The van der Waals surface area contributed by atoms with Crippen molar-refractivity contribution in [1.82, 2.24) is 0 Å². The van der Waals surface area contributed by atoms with E-state index < -0.39 is 30.1 Å². The zero-order valence-electron chi connectivity index (χ0n) is 15.4. The molecule has 0 aliphatic rings. The van der Waals surface area contributed by atoms with Gasteiger partial charge in [-0.15, -0.1) is 0 Å². The van der Waals surface area contributed by atoms with Crippen LogP contribution in [0.2, 0.25) is 0 Å². The molecule has 3 atom stereocenters.